The van der Waals surface area contributed by atoms with E-state index in [0.29, 0.717) is 38.5 Å². The van der Waals surface area contributed by atoms with Crippen LogP contribution in [0.3, 0.4) is 0 Å². The van der Waals surface area contributed by atoms with E-state index in [1.54, 1.807) is 16.7 Å². The smallest absolute Gasteiger partial charge is 0.251 e. The number of halogens is 1. The quantitative estimate of drug-likeness (QED) is 0.804. The number of carbonyl (C=O) groups excluding carboxylic acids is 2. The predicted molar refractivity (Wildman–Crippen MR) is 103 cm³/mol. The first-order chi connectivity index (χ1) is 12.6. The molecule has 1 aromatic carbocycles. The van der Waals surface area contributed by atoms with Crippen molar-refractivity contribution in [3.8, 4) is 0 Å². The van der Waals surface area contributed by atoms with Crippen molar-refractivity contribution in [3.63, 3.8) is 0 Å². The second kappa shape index (κ2) is 15.6. The SMILES string of the molecule is CC.CSCCO.O=C(NCC(=O)N1CCOCC1)c1ccc(F)cc1. The third-order valence-corrected chi connectivity index (χ3v) is 3.76. The molecule has 2 N–H and O–H groups in total. The number of nitrogens with zero attached hydrogens (tertiary/aromatic N) is 1. The predicted octanol–water partition coefficient (Wildman–Crippen LogP) is 1.78. The van der Waals surface area contributed by atoms with Crippen LogP contribution >= 0.6 is 11.8 Å². The van der Waals surface area contributed by atoms with Gasteiger partial charge >= 0.3 is 0 Å². The zero-order chi connectivity index (χ0) is 19.8. The largest absolute Gasteiger partial charge is 0.396 e. The fourth-order valence-electron chi connectivity index (χ4n) is 1.88. The zero-order valence-electron chi connectivity index (χ0n) is 15.7. The normalized spacial score (nSPS) is 12.9. The lowest BCUT2D eigenvalue weighted by Crippen LogP contribution is -2.45. The van der Waals surface area contributed by atoms with Gasteiger partial charge in [-0.05, 0) is 30.5 Å². The van der Waals surface area contributed by atoms with Crippen molar-refractivity contribution in [2.24, 2.45) is 0 Å². The fraction of sp³-hybridized carbons (Fsp3) is 0.556. The lowest BCUT2D eigenvalue weighted by atomic mass is 10.2. The van der Waals surface area contributed by atoms with E-state index in [1.165, 1.54) is 24.3 Å². The molecule has 2 rings (SSSR count). The summed E-state index contributed by atoms with van der Waals surface area (Å²) in [6, 6.07) is 5.17. The van der Waals surface area contributed by atoms with Crippen LogP contribution in [0.5, 0.6) is 0 Å². The minimum atomic E-state index is -0.402. The van der Waals surface area contributed by atoms with Gasteiger partial charge < -0.3 is 20.1 Å². The van der Waals surface area contributed by atoms with E-state index in [2.05, 4.69) is 5.32 Å². The summed E-state index contributed by atoms with van der Waals surface area (Å²) in [5.74, 6) is -0.0682. The molecule has 0 aromatic heterocycles. The topological polar surface area (TPSA) is 78.9 Å². The van der Waals surface area contributed by atoms with Gasteiger partial charge in [0.15, 0.2) is 0 Å². The minimum absolute atomic E-state index is 0.0593. The summed E-state index contributed by atoms with van der Waals surface area (Å²) < 4.78 is 17.8. The van der Waals surface area contributed by atoms with E-state index in [0.717, 1.165) is 5.75 Å². The maximum Gasteiger partial charge on any atom is 0.251 e. The van der Waals surface area contributed by atoms with Crippen LogP contribution < -0.4 is 5.32 Å². The Morgan fingerprint density at radius 2 is 1.81 bits per heavy atom. The molecule has 1 heterocycles. The monoisotopic (exact) mass is 388 g/mol. The van der Waals surface area contributed by atoms with Crippen molar-refractivity contribution >= 4 is 23.6 Å². The number of amides is 2. The number of aliphatic hydroxyl groups is 1. The highest BCUT2D eigenvalue weighted by Gasteiger charge is 2.17. The van der Waals surface area contributed by atoms with Gasteiger partial charge in [0.05, 0.1) is 26.4 Å². The number of thioether (sulfide) groups is 1. The van der Waals surface area contributed by atoms with Crippen molar-refractivity contribution in [1.29, 1.82) is 0 Å². The molecule has 6 nitrogen and oxygen atoms in total. The van der Waals surface area contributed by atoms with Crippen LogP contribution in [0.2, 0.25) is 0 Å². The molecule has 1 aliphatic rings. The van der Waals surface area contributed by atoms with E-state index in [1.807, 2.05) is 20.1 Å². The summed E-state index contributed by atoms with van der Waals surface area (Å²) in [4.78, 5) is 25.1. The third kappa shape index (κ3) is 10.4. The van der Waals surface area contributed by atoms with Crippen LogP contribution in [-0.4, -0.2) is 73.3 Å². The number of hydrogen-bond donors (Lipinski definition) is 2. The molecule has 0 bridgehead atoms. The van der Waals surface area contributed by atoms with Crippen LogP contribution in [-0.2, 0) is 9.53 Å². The Kier molecular flexibility index (Phi) is 14.6. The molecule has 2 amide bonds. The summed E-state index contributed by atoms with van der Waals surface area (Å²) in [6.45, 7) is 6.39. The Morgan fingerprint density at radius 3 is 2.27 bits per heavy atom. The Balaban J connectivity index is 0.000000772. The first-order valence-corrected chi connectivity index (χ1v) is 9.97. The number of ether oxygens (including phenoxy) is 1. The van der Waals surface area contributed by atoms with Gasteiger partial charge in [0.2, 0.25) is 5.91 Å². The number of carbonyl (C=O) groups is 2. The van der Waals surface area contributed by atoms with E-state index in [9.17, 15) is 14.0 Å². The van der Waals surface area contributed by atoms with Crippen molar-refractivity contribution in [1.82, 2.24) is 10.2 Å². The highest BCUT2D eigenvalue weighted by Crippen LogP contribution is 2.02. The molecule has 148 valence electrons. The maximum absolute atomic E-state index is 12.7. The van der Waals surface area contributed by atoms with E-state index in [4.69, 9.17) is 9.84 Å². The fourth-order valence-corrected chi connectivity index (χ4v) is 2.06. The average Bonchev–Trinajstić information content (AvgIpc) is 2.70. The van der Waals surface area contributed by atoms with E-state index >= 15 is 0 Å². The molecule has 1 aromatic rings. The number of hydrogen-bond acceptors (Lipinski definition) is 5. The van der Waals surface area contributed by atoms with Gasteiger partial charge in [0.25, 0.3) is 5.91 Å². The standard InChI is InChI=1S/C13H15FN2O3.C3H8OS.C2H6/c14-11-3-1-10(2-4-11)13(18)15-9-12(17)16-5-7-19-8-6-16;1-5-3-2-4;1-2/h1-4H,5-9H2,(H,15,18);4H,2-3H2,1H3;1-2H3. The molecule has 0 saturated carbocycles. The van der Waals surface area contributed by atoms with E-state index in [-0.39, 0.29) is 18.4 Å². The Bertz CT molecular complexity index is 506. The Hall–Kier alpha value is -1.64. The van der Waals surface area contributed by atoms with Crippen LogP contribution in [0, 0.1) is 5.82 Å². The summed E-state index contributed by atoms with van der Waals surface area (Å²) in [6.07, 6.45) is 1.97. The molecule has 0 atom stereocenters. The number of aliphatic hydroxyl groups excluding tert-OH is 1. The Labute approximate surface area is 159 Å². The summed E-state index contributed by atoms with van der Waals surface area (Å²) in [5.41, 5.74) is 0.330. The number of morpholine rings is 1. The Morgan fingerprint density at radius 1 is 1.23 bits per heavy atom. The highest BCUT2D eigenvalue weighted by molar-refractivity contribution is 7.98. The minimum Gasteiger partial charge on any atom is -0.396 e. The van der Waals surface area contributed by atoms with Gasteiger partial charge in [0.1, 0.15) is 5.82 Å². The third-order valence-electron chi connectivity index (χ3n) is 3.17. The van der Waals surface area contributed by atoms with Crippen LogP contribution in [0.15, 0.2) is 24.3 Å². The molecule has 1 saturated heterocycles. The van der Waals surface area contributed by atoms with Gasteiger partial charge in [-0.25, -0.2) is 4.39 Å². The lowest BCUT2D eigenvalue weighted by molar-refractivity contribution is -0.134. The first kappa shape index (κ1) is 24.4. The maximum atomic E-state index is 12.7. The van der Waals surface area contributed by atoms with Gasteiger partial charge in [-0.2, -0.15) is 11.8 Å². The molecular formula is C18H29FN2O4S. The molecule has 0 unspecified atom stereocenters. The van der Waals surface area contributed by atoms with E-state index < -0.39 is 5.82 Å². The number of nitrogens with one attached hydrogen (secondary N) is 1. The summed E-state index contributed by atoms with van der Waals surface area (Å²) in [7, 11) is 0. The molecule has 1 fully saturated rings. The number of benzene rings is 1. The van der Waals surface area contributed by atoms with Gasteiger partial charge in [-0.15, -0.1) is 0 Å². The lowest BCUT2D eigenvalue weighted by Gasteiger charge is -2.26. The highest BCUT2D eigenvalue weighted by atomic mass is 32.2. The first-order valence-electron chi connectivity index (χ1n) is 8.57. The van der Waals surface area contributed by atoms with Gasteiger partial charge in [-0.3, -0.25) is 9.59 Å². The van der Waals surface area contributed by atoms with Crippen LogP contribution in [0.1, 0.15) is 24.2 Å². The van der Waals surface area contributed by atoms with Crippen LogP contribution in [0.4, 0.5) is 4.39 Å². The van der Waals surface area contributed by atoms with Crippen molar-refractivity contribution in [3.05, 3.63) is 35.6 Å². The average molecular weight is 389 g/mol. The second-order valence-corrected chi connectivity index (χ2v) is 5.88. The summed E-state index contributed by atoms with van der Waals surface area (Å²) >= 11 is 1.65. The van der Waals surface area contributed by atoms with Crippen molar-refractivity contribution < 1.29 is 23.8 Å². The molecule has 0 spiro atoms. The molecular weight excluding hydrogens is 359 g/mol. The zero-order valence-corrected chi connectivity index (χ0v) is 16.5. The van der Waals surface area contributed by atoms with Crippen molar-refractivity contribution in [2.45, 2.75) is 13.8 Å². The van der Waals surface area contributed by atoms with Gasteiger partial charge in [0, 0.05) is 24.4 Å². The molecule has 1 aliphatic heterocycles. The summed E-state index contributed by atoms with van der Waals surface area (Å²) in [5, 5.41) is 10.6. The molecule has 26 heavy (non-hydrogen) atoms. The molecule has 0 aliphatic carbocycles. The number of rotatable bonds is 5. The van der Waals surface area contributed by atoms with Crippen molar-refractivity contribution in [2.75, 3.05) is 51.5 Å². The van der Waals surface area contributed by atoms with Crippen LogP contribution in [0.25, 0.3) is 0 Å². The molecule has 8 heteroatoms. The van der Waals surface area contributed by atoms with Gasteiger partial charge in [-0.1, -0.05) is 13.8 Å². The second-order valence-electron chi connectivity index (χ2n) is 4.90. The molecule has 0 radical (unpaired) electrons.